The van der Waals surface area contributed by atoms with Gasteiger partial charge in [-0.25, -0.2) is 4.79 Å². The molecule has 202 valence electrons. The van der Waals surface area contributed by atoms with Crippen LogP contribution in [0.1, 0.15) is 45.7 Å². The fourth-order valence-electron chi connectivity index (χ4n) is 5.02. The van der Waals surface area contributed by atoms with Gasteiger partial charge in [0.05, 0.1) is 22.9 Å². The monoisotopic (exact) mass is 547 g/mol. The lowest BCUT2D eigenvalue weighted by atomic mass is 10.1. The second kappa shape index (κ2) is 11.4. The number of ether oxygens (including phenoxy) is 2. The average Bonchev–Trinajstić information content (AvgIpc) is 3.50. The Morgan fingerprint density at radius 1 is 1.22 bits per heavy atom. The maximum Gasteiger partial charge on any atom is 0.410 e. The lowest BCUT2D eigenvalue weighted by Gasteiger charge is -2.35. The van der Waals surface area contributed by atoms with Gasteiger partial charge in [0.15, 0.2) is 0 Å². The molecule has 8 nitrogen and oxygen atoms in total. The van der Waals surface area contributed by atoms with Crippen LogP contribution in [0.2, 0.25) is 5.02 Å². The maximum absolute atomic E-state index is 12.3. The molecule has 4 heterocycles. The predicted octanol–water partition coefficient (Wildman–Crippen LogP) is 5.22. The number of carbonyl (C=O) groups is 1. The van der Waals surface area contributed by atoms with E-state index in [4.69, 9.17) is 26.1 Å². The molecule has 2 fully saturated rings. The van der Waals surface area contributed by atoms with Gasteiger partial charge in [0.2, 0.25) is 0 Å². The Labute approximate surface area is 228 Å². The first-order valence-corrected chi connectivity index (χ1v) is 14.7. The number of thioether (sulfide) groups is 1. The Bertz CT molecular complexity index is 1130. The molecule has 2 saturated heterocycles. The minimum absolute atomic E-state index is 0.209. The van der Waals surface area contributed by atoms with Gasteiger partial charge < -0.3 is 24.7 Å². The summed E-state index contributed by atoms with van der Waals surface area (Å²) in [6, 6.07) is 6.89. The van der Waals surface area contributed by atoms with Gasteiger partial charge in [0, 0.05) is 68.1 Å². The van der Waals surface area contributed by atoms with Crippen LogP contribution in [0.15, 0.2) is 23.2 Å². The molecule has 0 unspecified atom stereocenters. The summed E-state index contributed by atoms with van der Waals surface area (Å²) in [6.07, 6.45) is 2.81. The lowest BCUT2D eigenvalue weighted by Crippen LogP contribution is -2.50. The Morgan fingerprint density at radius 2 is 1.97 bits per heavy atom. The van der Waals surface area contributed by atoms with E-state index in [2.05, 4.69) is 21.3 Å². The molecule has 2 aromatic rings. The molecule has 0 bridgehead atoms. The zero-order valence-electron chi connectivity index (χ0n) is 22.0. The summed E-state index contributed by atoms with van der Waals surface area (Å²) in [7, 11) is 0. The van der Waals surface area contributed by atoms with Gasteiger partial charge in [0.1, 0.15) is 10.6 Å². The van der Waals surface area contributed by atoms with Crippen LogP contribution >= 0.6 is 23.4 Å². The molecule has 1 aromatic carbocycles. The highest BCUT2D eigenvalue weighted by atomic mass is 35.5. The van der Waals surface area contributed by atoms with Gasteiger partial charge in [-0.15, -0.1) is 11.8 Å². The Hall–Kier alpha value is -1.94. The number of fused-ring (bicyclic) bond motifs is 1. The number of anilines is 1. The van der Waals surface area contributed by atoms with E-state index in [1.807, 2.05) is 49.6 Å². The quantitative estimate of drug-likeness (QED) is 0.516. The smallest absolute Gasteiger partial charge is 0.410 e. The van der Waals surface area contributed by atoms with E-state index < -0.39 is 5.60 Å². The number of halogens is 1. The van der Waals surface area contributed by atoms with E-state index in [1.165, 1.54) is 0 Å². The zero-order chi connectivity index (χ0) is 26.0. The average molecular weight is 548 g/mol. The molecular formula is C27H38ClN5O3S. The van der Waals surface area contributed by atoms with Gasteiger partial charge in [0.25, 0.3) is 0 Å². The Morgan fingerprint density at radius 3 is 2.70 bits per heavy atom. The predicted molar refractivity (Wildman–Crippen MR) is 152 cm³/mol. The van der Waals surface area contributed by atoms with Crippen molar-refractivity contribution in [1.82, 2.24) is 14.8 Å². The number of amides is 1. The van der Waals surface area contributed by atoms with Crippen molar-refractivity contribution in [2.24, 2.45) is 4.99 Å². The van der Waals surface area contributed by atoms with Crippen molar-refractivity contribution in [2.45, 2.75) is 57.7 Å². The minimum Gasteiger partial charge on any atom is -0.444 e. The molecule has 1 aromatic heterocycles. The summed E-state index contributed by atoms with van der Waals surface area (Å²) in [6.45, 7) is 11.5. The van der Waals surface area contributed by atoms with Crippen LogP contribution in [0.3, 0.4) is 0 Å². The molecule has 37 heavy (non-hydrogen) atoms. The van der Waals surface area contributed by atoms with Crippen molar-refractivity contribution in [3.05, 3.63) is 28.9 Å². The summed E-state index contributed by atoms with van der Waals surface area (Å²) in [5.74, 6) is 0.997. The molecule has 3 aliphatic rings. The van der Waals surface area contributed by atoms with Crippen LogP contribution in [0.5, 0.6) is 0 Å². The summed E-state index contributed by atoms with van der Waals surface area (Å²) < 4.78 is 11.0. The van der Waals surface area contributed by atoms with Gasteiger partial charge in [-0.1, -0.05) is 11.6 Å². The van der Waals surface area contributed by atoms with E-state index in [0.29, 0.717) is 25.2 Å². The second-order valence-electron chi connectivity index (χ2n) is 11.1. The van der Waals surface area contributed by atoms with Crippen molar-refractivity contribution >= 4 is 51.1 Å². The van der Waals surface area contributed by atoms with Crippen LogP contribution in [-0.4, -0.2) is 95.3 Å². The molecule has 0 aliphatic carbocycles. The summed E-state index contributed by atoms with van der Waals surface area (Å²) in [4.78, 5) is 25.2. The van der Waals surface area contributed by atoms with Crippen LogP contribution in [-0.2, 0) is 9.47 Å². The molecule has 1 amide bonds. The number of nitrogens with one attached hydrogen (secondary N) is 2. The third-order valence-electron chi connectivity index (χ3n) is 7.02. The fraction of sp³-hybridized carbons (Fsp3) is 0.630. The molecule has 5 rings (SSSR count). The van der Waals surface area contributed by atoms with Gasteiger partial charge >= 0.3 is 6.09 Å². The molecule has 2 N–H and O–H groups in total. The van der Waals surface area contributed by atoms with E-state index in [0.717, 1.165) is 90.2 Å². The van der Waals surface area contributed by atoms with E-state index >= 15 is 0 Å². The highest BCUT2D eigenvalue weighted by Gasteiger charge is 2.27. The number of aromatic amines is 1. The van der Waals surface area contributed by atoms with Crippen molar-refractivity contribution in [3.63, 3.8) is 0 Å². The van der Waals surface area contributed by atoms with Crippen LogP contribution in [0.25, 0.3) is 10.9 Å². The van der Waals surface area contributed by atoms with Crippen LogP contribution in [0.4, 0.5) is 10.5 Å². The lowest BCUT2D eigenvalue weighted by molar-refractivity contribution is 0.0143. The molecule has 0 radical (unpaired) electrons. The van der Waals surface area contributed by atoms with Gasteiger partial charge in [-0.3, -0.25) is 9.89 Å². The van der Waals surface area contributed by atoms with E-state index in [-0.39, 0.29) is 6.09 Å². The number of aromatic nitrogens is 1. The molecule has 10 heteroatoms. The number of aliphatic imine (C=N–C) groups is 1. The highest BCUT2D eigenvalue weighted by molar-refractivity contribution is 8.14. The Kier molecular flexibility index (Phi) is 8.24. The first kappa shape index (κ1) is 26.7. The highest BCUT2D eigenvalue weighted by Crippen LogP contribution is 2.33. The maximum atomic E-state index is 12.3. The number of hydrogen-bond donors (Lipinski definition) is 2. The normalized spacial score (nSPS) is 21.9. The zero-order valence-corrected chi connectivity index (χ0v) is 23.6. The molecule has 1 atom stereocenters. The topological polar surface area (TPSA) is 82.2 Å². The molecule has 3 aliphatic heterocycles. The third kappa shape index (κ3) is 6.93. The summed E-state index contributed by atoms with van der Waals surface area (Å²) >= 11 is 8.28. The van der Waals surface area contributed by atoms with Crippen LogP contribution in [0, 0.1) is 0 Å². The van der Waals surface area contributed by atoms with Gasteiger partial charge in [-0.2, -0.15) is 0 Å². The second-order valence-corrected chi connectivity index (χ2v) is 12.6. The number of rotatable bonds is 6. The van der Waals surface area contributed by atoms with Crippen molar-refractivity contribution in [3.8, 4) is 0 Å². The number of hydrogen-bond acceptors (Lipinski definition) is 7. The standard InChI is InChI=1S/C27H38ClN5O3S/c1-27(2,3)36-26(34)33-10-8-32(9-11-33)7-4-21-17-37-25(30-21)23-15-18-14-19(28)16-22(24(18)31-23)29-20-5-12-35-13-6-20/h14-16,20-21,29,31H,4-13,17H2,1-3H3/t21-/m1/s1. The number of piperazine rings is 1. The van der Waals surface area contributed by atoms with Gasteiger partial charge in [-0.05, 0) is 58.2 Å². The Balaban J connectivity index is 1.16. The van der Waals surface area contributed by atoms with Crippen molar-refractivity contribution in [2.75, 3.05) is 57.0 Å². The number of H-pyrrole nitrogens is 1. The number of nitrogens with zero attached hydrogens (tertiary/aromatic N) is 3. The first-order chi connectivity index (χ1) is 17.7. The largest absolute Gasteiger partial charge is 0.444 e. The van der Waals surface area contributed by atoms with E-state index in [1.54, 1.807) is 0 Å². The van der Waals surface area contributed by atoms with Crippen LogP contribution < -0.4 is 5.32 Å². The number of carbonyl (C=O) groups excluding carboxylic acids is 1. The SMILES string of the molecule is CC(C)(C)OC(=O)N1CCN(CC[C@@H]2CSC(c3cc4cc(Cl)cc(NC5CCOCC5)c4[nH]3)=N2)CC1. The minimum atomic E-state index is -0.454. The van der Waals surface area contributed by atoms with Crippen molar-refractivity contribution < 1.29 is 14.3 Å². The fourth-order valence-corrected chi connectivity index (χ4v) is 6.33. The molecular weight excluding hydrogens is 510 g/mol. The molecule has 0 saturated carbocycles. The van der Waals surface area contributed by atoms with Crippen molar-refractivity contribution in [1.29, 1.82) is 0 Å². The first-order valence-electron chi connectivity index (χ1n) is 13.3. The number of benzene rings is 1. The summed E-state index contributed by atoms with van der Waals surface area (Å²) in [5, 5.41) is 6.59. The summed E-state index contributed by atoms with van der Waals surface area (Å²) in [5.41, 5.74) is 2.74. The third-order valence-corrected chi connectivity index (χ3v) is 8.39. The van der Waals surface area contributed by atoms with E-state index in [9.17, 15) is 4.79 Å². The molecule has 0 spiro atoms.